The summed E-state index contributed by atoms with van der Waals surface area (Å²) in [7, 11) is 0. The van der Waals surface area contributed by atoms with Gasteiger partial charge in [0.15, 0.2) is 0 Å². The van der Waals surface area contributed by atoms with Gasteiger partial charge in [-0.1, -0.05) is 52.7 Å². The van der Waals surface area contributed by atoms with Crippen molar-refractivity contribution in [1.29, 1.82) is 0 Å². The lowest BCUT2D eigenvalue weighted by atomic mass is 9.40. The minimum atomic E-state index is -0.549. The summed E-state index contributed by atoms with van der Waals surface area (Å²) in [5, 5.41) is 0. The van der Waals surface area contributed by atoms with Gasteiger partial charge in [0.2, 0.25) is 0 Å². The first-order valence-corrected chi connectivity index (χ1v) is 15.2. The van der Waals surface area contributed by atoms with Crippen LogP contribution in [0, 0.1) is 51.2 Å². The molecule has 0 aliphatic heterocycles. The lowest BCUT2D eigenvalue weighted by Gasteiger charge is -2.64. The molecule has 4 aliphatic rings. The van der Waals surface area contributed by atoms with E-state index in [1.165, 1.54) is 70.3 Å². The molecular formula is C33H54O3. The quantitative estimate of drug-likeness (QED) is 0.288. The van der Waals surface area contributed by atoms with E-state index in [-0.39, 0.29) is 18.0 Å². The normalized spacial score (nSPS) is 47.3. The minimum Gasteiger partial charge on any atom is -0.465 e. The van der Waals surface area contributed by atoms with Crippen LogP contribution in [0.2, 0.25) is 0 Å². The molecular weight excluding hydrogens is 444 g/mol. The average Bonchev–Trinajstić information content (AvgIpc) is 3.19. The van der Waals surface area contributed by atoms with Gasteiger partial charge in [-0.15, -0.1) is 0 Å². The van der Waals surface area contributed by atoms with E-state index in [0.717, 1.165) is 18.8 Å². The summed E-state index contributed by atoms with van der Waals surface area (Å²) in [6.07, 6.45) is 14.5. The summed E-state index contributed by atoms with van der Waals surface area (Å²) >= 11 is 0. The number of carbonyl (C=O) groups is 2. The Morgan fingerprint density at radius 2 is 1.64 bits per heavy atom. The molecule has 0 N–H and O–H groups in total. The molecule has 0 amide bonds. The van der Waals surface area contributed by atoms with Crippen LogP contribution in [0.1, 0.15) is 126 Å². The number of fused-ring (bicyclic) bond motifs is 4. The fourth-order valence-electron chi connectivity index (χ4n) is 10.6. The van der Waals surface area contributed by atoms with E-state index in [1.807, 2.05) is 0 Å². The van der Waals surface area contributed by atoms with Gasteiger partial charge in [0.25, 0.3) is 0 Å². The van der Waals surface area contributed by atoms with Crippen LogP contribution in [0.3, 0.4) is 0 Å². The smallest absolute Gasteiger partial charge is 0.302 e. The number of Topliss-reactive ketones (excluding diaryl/α,β-unsaturated/α-hetero) is 1. The molecule has 3 heteroatoms. The van der Waals surface area contributed by atoms with Crippen molar-refractivity contribution < 1.29 is 14.3 Å². The Hall–Kier alpha value is -1.12. The molecule has 0 radical (unpaired) electrons. The molecule has 204 valence electrons. The molecule has 0 spiro atoms. The Labute approximate surface area is 221 Å². The predicted molar refractivity (Wildman–Crippen MR) is 147 cm³/mol. The highest BCUT2D eigenvalue weighted by Gasteiger charge is 2.63. The first kappa shape index (κ1) is 27.9. The summed E-state index contributed by atoms with van der Waals surface area (Å²) < 4.78 is 5.55. The third-order valence-corrected chi connectivity index (χ3v) is 13.0. The fraction of sp³-hybridized carbons (Fsp3) is 0.879. The minimum absolute atomic E-state index is 0.120. The average molecular weight is 499 g/mol. The van der Waals surface area contributed by atoms with Crippen LogP contribution in [-0.2, 0) is 14.3 Å². The second-order valence-electron chi connectivity index (χ2n) is 14.5. The van der Waals surface area contributed by atoms with Crippen molar-refractivity contribution in [2.24, 2.45) is 51.2 Å². The van der Waals surface area contributed by atoms with Crippen LogP contribution >= 0.6 is 0 Å². The molecule has 9 unspecified atom stereocenters. The van der Waals surface area contributed by atoms with E-state index >= 15 is 0 Å². The highest BCUT2D eigenvalue weighted by molar-refractivity contribution is 5.86. The summed E-state index contributed by atoms with van der Waals surface area (Å²) in [5.74, 6) is 3.11. The second-order valence-corrected chi connectivity index (χ2v) is 14.5. The van der Waals surface area contributed by atoms with Crippen molar-refractivity contribution in [3.8, 4) is 0 Å². The molecule has 9 atom stereocenters. The van der Waals surface area contributed by atoms with Crippen LogP contribution in [0.5, 0.6) is 0 Å². The Morgan fingerprint density at radius 1 is 0.944 bits per heavy atom. The van der Waals surface area contributed by atoms with Gasteiger partial charge in [0.05, 0.1) is 5.41 Å². The van der Waals surface area contributed by atoms with Crippen molar-refractivity contribution in [3.05, 3.63) is 12.2 Å². The van der Waals surface area contributed by atoms with Gasteiger partial charge >= 0.3 is 5.97 Å². The standard InChI is InChI=1S/C33H54O3/c1-9-33-19-13-23(4)30(6)17-15-28-31(7,18-16-29(35)32(28,8)21-36-24(5)34)27(30)12-10-11-26(33)25(14-20-33)22(2)3/h23,25-28H,2,9-21H2,1,3-8H3. The number of ether oxygens (including phenoxy) is 1. The van der Waals surface area contributed by atoms with Gasteiger partial charge in [-0.2, -0.15) is 0 Å². The van der Waals surface area contributed by atoms with Gasteiger partial charge in [-0.25, -0.2) is 0 Å². The SMILES string of the molecule is C=C(C)C1CCC2(CC)CCC(C)C3(C)CCC4C(C)(COC(C)=O)C(=O)CCC4(C)C3CCCC12. The molecule has 0 heterocycles. The number of hydrogen-bond acceptors (Lipinski definition) is 3. The van der Waals surface area contributed by atoms with Gasteiger partial charge in [0.1, 0.15) is 12.4 Å². The number of carbonyl (C=O) groups excluding carboxylic acids is 2. The van der Waals surface area contributed by atoms with Gasteiger partial charge in [0, 0.05) is 13.3 Å². The summed E-state index contributed by atoms with van der Waals surface area (Å²) in [6, 6.07) is 0. The third kappa shape index (κ3) is 4.33. The summed E-state index contributed by atoms with van der Waals surface area (Å²) in [4.78, 5) is 25.1. The van der Waals surface area contributed by atoms with Crippen LogP contribution < -0.4 is 0 Å². The number of allylic oxidation sites excluding steroid dienone is 1. The number of hydrogen-bond donors (Lipinski definition) is 0. The first-order chi connectivity index (χ1) is 16.8. The van der Waals surface area contributed by atoms with E-state index < -0.39 is 5.41 Å². The van der Waals surface area contributed by atoms with E-state index in [4.69, 9.17) is 4.74 Å². The van der Waals surface area contributed by atoms with Gasteiger partial charge in [-0.05, 0) is 117 Å². The zero-order chi connectivity index (χ0) is 26.5. The summed E-state index contributed by atoms with van der Waals surface area (Å²) in [5.41, 5.74) is 1.78. The van der Waals surface area contributed by atoms with E-state index in [1.54, 1.807) is 0 Å². The van der Waals surface area contributed by atoms with Crippen molar-refractivity contribution in [1.82, 2.24) is 0 Å². The largest absolute Gasteiger partial charge is 0.465 e. The Bertz CT molecular complexity index is 876. The van der Waals surface area contributed by atoms with E-state index in [2.05, 4.69) is 48.1 Å². The topological polar surface area (TPSA) is 43.4 Å². The maximum Gasteiger partial charge on any atom is 0.302 e. The highest BCUT2D eigenvalue weighted by Crippen LogP contribution is 2.68. The van der Waals surface area contributed by atoms with E-state index in [0.29, 0.717) is 46.7 Å². The van der Waals surface area contributed by atoms with Crippen LogP contribution in [0.25, 0.3) is 0 Å². The predicted octanol–water partition coefficient (Wildman–Crippen LogP) is 8.56. The fourth-order valence-corrected chi connectivity index (χ4v) is 10.6. The first-order valence-electron chi connectivity index (χ1n) is 15.2. The molecule has 3 nitrogen and oxygen atoms in total. The zero-order valence-corrected chi connectivity index (χ0v) is 24.5. The van der Waals surface area contributed by atoms with Gasteiger partial charge in [-0.3, -0.25) is 9.59 Å². The Kier molecular flexibility index (Phi) is 7.66. The number of rotatable bonds is 4. The molecule has 4 fully saturated rings. The Morgan fingerprint density at radius 3 is 2.28 bits per heavy atom. The molecule has 4 saturated carbocycles. The molecule has 0 aromatic rings. The molecule has 0 aromatic carbocycles. The van der Waals surface area contributed by atoms with Crippen molar-refractivity contribution in [2.45, 2.75) is 126 Å². The lowest BCUT2D eigenvalue weighted by molar-refractivity contribution is -0.182. The van der Waals surface area contributed by atoms with Crippen LogP contribution in [0.15, 0.2) is 12.2 Å². The molecule has 0 aromatic heterocycles. The molecule has 0 bridgehead atoms. The van der Waals surface area contributed by atoms with Crippen LogP contribution in [0.4, 0.5) is 0 Å². The second kappa shape index (κ2) is 9.88. The highest BCUT2D eigenvalue weighted by atomic mass is 16.5. The number of esters is 1. The third-order valence-electron chi connectivity index (χ3n) is 13.0. The van der Waals surface area contributed by atoms with Gasteiger partial charge < -0.3 is 4.74 Å². The van der Waals surface area contributed by atoms with Crippen molar-refractivity contribution in [2.75, 3.05) is 6.61 Å². The maximum absolute atomic E-state index is 13.3. The molecule has 4 rings (SSSR count). The number of ketones is 1. The van der Waals surface area contributed by atoms with E-state index in [9.17, 15) is 9.59 Å². The van der Waals surface area contributed by atoms with Crippen LogP contribution in [-0.4, -0.2) is 18.4 Å². The van der Waals surface area contributed by atoms with Crippen molar-refractivity contribution >= 4 is 11.8 Å². The molecule has 4 aliphatic carbocycles. The zero-order valence-electron chi connectivity index (χ0n) is 24.5. The molecule has 36 heavy (non-hydrogen) atoms. The maximum atomic E-state index is 13.3. The lowest BCUT2D eigenvalue weighted by Crippen LogP contribution is -2.60. The molecule has 0 saturated heterocycles. The Balaban J connectivity index is 1.67. The monoisotopic (exact) mass is 498 g/mol. The summed E-state index contributed by atoms with van der Waals surface area (Å²) in [6.45, 7) is 20.6. The van der Waals surface area contributed by atoms with Crippen molar-refractivity contribution in [3.63, 3.8) is 0 Å².